The third kappa shape index (κ3) is 4.00. The van der Waals surface area contributed by atoms with E-state index in [1.165, 1.54) is 5.56 Å². The summed E-state index contributed by atoms with van der Waals surface area (Å²) in [5.74, 6) is 0. The van der Waals surface area contributed by atoms with Crippen LogP contribution in [0.5, 0.6) is 0 Å². The molecule has 0 aliphatic rings. The molecule has 0 saturated heterocycles. The fraction of sp³-hybridized carbons (Fsp3) is 0.600. The minimum Gasteiger partial charge on any atom is -0.319 e. The monoisotopic (exact) mass is 252 g/mol. The summed E-state index contributed by atoms with van der Waals surface area (Å²) in [7, 11) is -2.14. The van der Waals surface area contributed by atoms with E-state index in [0.717, 1.165) is 43.3 Å². The second-order valence-corrected chi connectivity index (χ2v) is 7.99. The zero-order valence-corrected chi connectivity index (χ0v) is 12.3. The molecular formula is C15H25OP. The van der Waals surface area contributed by atoms with Gasteiger partial charge in [0.2, 0.25) is 0 Å². The number of rotatable bonds is 7. The quantitative estimate of drug-likeness (QED) is 0.649. The first-order valence-electron chi connectivity index (χ1n) is 6.78. The molecule has 0 aliphatic heterocycles. The molecule has 0 atom stereocenters. The average Bonchev–Trinajstić information content (AvgIpc) is 2.34. The van der Waals surface area contributed by atoms with Gasteiger partial charge in [-0.2, -0.15) is 0 Å². The lowest BCUT2D eigenvalue weighted by molar-refractivity contribution is 0.576. The van der Waals surface area contributed by atoms with Crippen LogP contribution >= 0.6 is 7.14 Å². The highest BCUT2D eigenvalue weighted by Crippen LogP contribution is 2.46. The fourth-order valence-electron chi connectivity index (χ4n) is 2.20. The standard InChI is InChI=1S/C15H25OP/c1-4-6-12-17(16,13-7-5-2)15-11-9-8-10-14(15)3/h8-11H,4-7,12-13H2,1-3H3. The number of unbranched alkanes of at least 4 members (excludes halogenated alkanes) is 2. The zero-order valence-electron chi connectivity index (χ0n) is 11.4. The lowest BCUT2D eigenvalue weighted by Crippen LogP contribution is -2.14. The third-order valence-electron chi connectivity index (χ3n) is 3.30. The molecule has 0 saturated carbocycles. The van der Waals surface area contributed by atoms with E-state index in [1.807, 2.05) is 12.1 Å². The first-order valence-corrected chi connectivity index (χ1v) is 8.86. The van der Waals surface area contributed by atoms with Crippen LogP contribution in [-0.2, 0) is 4.57 Å². The number of aryl methyl sites for hydroxylation is 1. The second kappa shape index (κ2) is 7.01. The van der Waals surface area contributed by atoms with Gasteiger partial charge in [0, 0.05) is 17.6 Å². The van der Waals surface area contributed by atoms with Crippen molar-refractivity contribution in [3.05, 3.63) is 29.8 Å². The Hall–Kier alpha value is -0.550. The summed E-state index contributed by atoms with van der Waals surface area (Å²) in [4.78, 5) is 0. The summed E-state index contributed by atoms with van der Waals surface area (Å²) in [5.41, 5.74) is 1.20. The van der Waals surface area contributed by atoms with Gasteiger partial charge in [-0.05, 0) is 25.3 Å². The molecule has 0 bridgehead atoms. The SMILES string of the molecule is CCCCP(=O)(CCCC)c1ccccc1C. The van der Waals surface area contributed by atoms with Crippen molar-refractivity contribution in [1.82, 2.24) is 0 Å². The Labute approximate surface area is 106 Å². The molecule has 0 fully saturated rings. The van der Waals surface area contributed by atoms with Gasteiger partial charge in [-0.1, -0.05) is 51.0 Å². The highest BCUT2D eigenvalue weighted by molar-refractivity contribution is 7.71. The van der Waals surface area contributed by atoms with Crippen LogP contribution in [0.15, 0.2) is 24.3 Å². The molecule has 0 N–H and O–H groups in total. The molecule has 2 heteroatoms. The van der Waals surface area contributed by atoms with Gasteiger partial charge in [-0.3, -0.25) is 0 Å². The summed E-state index contributed by atoms with van der Waals surface area (Å²) in [6, 6.07) is 8.21. The molecule has 0 heterocycles. The van der Waals surface area contributed by atoms with Crippen LogP contribution in [0.25, 0.3) is 0 Å². The molecule has 0 aromatic heterocycles. The van der Waals surface area contributed by atoms with Crippen LogP contribution in [0.2, 0.25) is 0 Å². The van der Waals surface area contributed by atoms with E-state index in [2.05, 4.69) is 32.9 Å². The highest BCUT2D eigenvalue weighted by atomic mass is 31.2. The first-order chi connectivity index (χ1) is 8.14. The van der Waals surface area contributed by atoms with E-state index < -0.39 is 7.14 Å². The van der Waals surface area contributed by atoms with Gasteiger partial charge in [0.25, 0.3) is 0 Å². The maximum atomic E-state index is 13.2. The summed E-state index contributed by atoms with van der Waals surface area (Å²) in [6.45, 7) is 6.42. The van der Waals surface area contributed by atoms with Gasteiger partial charge in [0.05, 0.1) is 0 Å². The van der Waals surface area contributed by atoms with Crippen LogP contribution in [0.4, 0.5) is 0 Å². The smallest absolute Gasteiger partial charge is 0.115 e. The predicted molar refractivity (Wildman–Crippen MR) is 78.0 cm³/mol. The minimum atomic E-state index is -2.14. The van der Waals surface area contributed by atoms with Crippen LogP contribution in [0, 0.1) is 6.92 Å². The van der Waals surface area contributed by atoms with E-state index >= 15 is 0 Å². The molecule has 1 rings (SSSR count). The third-order valence-corrected chi connectivity index (χ3v) is 6.76. The topological polar surface area (TPSA) is 17.1 Å². The molecule has 0 radical (unpaired) electrons. The van der Waals surface area contributed by atoms with Crippen molar-refractivity contribution in [3.63, 3.8) is 0 Å². The molecule has 0 spiro atoms. The Bertz CT molecular complexity index is 372. The van der Waals surface area contributed by atoms with Crippen molar-refractivity contribution in [2.45, 2.75) is 46.5 Å². The maximum absolute atomic E-state index is 13.2. The molecule has 0 aliphatic carbocycles. The molecular weight excluding hydrogens is 227 g/mol. The molecule has 1 aromatic carbocycles. The van der Waals surface area contributed by atoms with Gasteiger partial charge >= 0.3 is 0 Å². The van der Waals surface area contributed by atoms with E-state index in [-0.39, 0.29) is 0 Å². The Balaban J connectivity index is 2.97. The van der Waals surface area contributed by atoms with Crippen molar-refractivity contribution >= 4 is 12.4 Å². The van der Waals surface area contributed by atoms with Crippen molar-refractivity contribution in [2.24, 2.45) is 0 Å². The van der Waals surface area contributed by atoms with Crippen molar-refractivity contribution in [1.29, 1.82) is 0 Å². The molecule has 96 valence electrons. The molecule has 1 aromatic rings. The van der Waals surface area contributed by atoms with Crippen LogP contribution < -0.4 is 5.30 Å². The van der Waals surface area contributed by atoms with Crippen molar-refractivity contribution in [2.75, 3.05) is 12.3 Å². The Morgan fingerprint density at radius 2 is 1.53 bits per heavy atom. The van der Waals surface area contributed by atoms with Crippen molar-refractivity contribution in [3.8, 4) is 0 Å². The van der Waals surface area contributed by atoms with Gasteiger partial charge in [0.15, 0.2) is 0 Å². The van der Waals surface area contributed by atoms with E-state index in [4.69, 9.17) is 0 Å². The summed E-state index contributed by atoms with van der Waals surface area (Å²) < 4.78 is 13.2. The second-order valence-electron chi connectivity index (χ2n) is 4.83. The predicted octanol–water partition coefficient (Wildman–Crippen LogP) is 4.58. The van der Waals surface area contributed by atoms with Gasteiger partial charge < -0.3 is 4.57 Å². The molecule has 1 nitrogen and oxygen atoms in total. The Kier molecular flexibility index (Phi) is 5.98. The largest absolute Gasteiger partial charge is 0.319 e. The molecule has 0 amide bonds. The van der Waals surface area contributed by atoms with E-state index in [0.29, 0.717) is 0 Å². The van der Waals surface area contributed by atoms with Gasteiger partial charge in [-0.25, -0.2) is 0 Å². The Morgan fingerprint density at radius 3 is 2.00 bits per heavy atom. The van der Waals surface area contributed by atoms with Crippen LogP contribution in [-0.4, -0.2) is 12.3 Å². The van der Waals surface area contributed by atoms with Crippen LogP contribution in [0.3, 0.4) is 0 Å². The lowest BCUT2D eigenvalue weighted by Gasteiger charge is -2.20. The van der Waals surface area contributed by atoms with Crippen molar-refractivity contribution < 1.29 is 4.57 Å². The molecule has 0 unspecified atom stereocenters. The summed E-state index contributed by atoms with van der Waals surface area (Å²) in [6.07, 6.45) is 6.18. The van der Waals surface area contributed by atoms with E-state index in [9.17, 15) is 4.57 Å². The van der Waals surface area contributed by atoms with Crippen LogP contribution in [0.1, 0.15) is 45.1 Å². The molecule has 17 heavy (non-hydrogen) atoms. The first kappa shape index (κ1) is 14.5. The van der Waals surface area contributed by atoms with Gasteiger partial charge in [0.1, 0.15) is 7.14 Å². The Morgan fingerprint density at radius 1 is 1.00 bits per heavy atom. The maximum Gasteiger partial charge on any atom is 0.115 e. The number of benzene rings is 1. The average molecular weight is 252 g/mol. The minimum absolute atomic E-state index is 0.883. The number of hydrogen-bond donors (Lipinski definition) is 0. The lowest BCUT2D eigenvalue weighted by atomic mass is 10.2. The summed E-state index contributed by atoms with van der Waals surface area (Å²) in [5, 5.41) is 1.13. The fourth-order valence-corrected chi connectivity index (χ4v) is 5.63. The van der Waals surface area contributed by atoms with Gasteiger partial charge in [-0.15, -0.1) is 0 Å². The van der Waals surface area contributed by atoms with E-state index in [1.54, 1.807) is 0 Å². The normalized spacial score (nSPS) is 11.7. The summed E-state index contributed by atoms with van der Waals surface area (Å²) >= 11 is 0. The highest BCUT2D eigenvalue weighted by Gasteiger charge is 2.24. The number of hydrogen-bond acceptors (Lipinski definition) is 1. The zero-order chi connectivity index (χ0) is 12.7.